The van der Waals surface area contributed by atoms with Crippen molar-refractivity contribution in [3.8, 4) is 11.8 Å². The maximum Gasteiger partial charge on any atom is 0.252 e. The van der Waals surface area contributed by atoms with E-state index in [0.717, 1.165) is 17.9 Å². The summed E-state index contributed by atoms with van der Waals surface area (Å²) >= 11 is 0. The lowest BCUT2D eigenvalue weighted by Gasteiger charge is -2.12. The summed E-state index contributed by atoms with van der Waals surface area (Å²) in [6.45, 7) is 5.30. The minimum Gasteiger partial charge on any atom is -0.492 e. The lowest BCUT2D eigenvalue weighted by atomic mass is 10.2. The van der Waals surface area contributed by atoms with Gasteiger partial charge in [0.15, 0.2) is 0 Å². The predicted octanol–water partition coefficient (Wildman–Crippen LogP) is 3.06. The smallest absolute Gasteiger partial charge is 0.252 e. The van der Waals surface area contributed by atoms with Gasteiger partial charge in [-0.3, -0.25) is 0 Å². The number of nitriles is 1. The number of benzene rings is 1. The monoisotopic (exact) mass is 341 g/mol. The molecule has 1 N–H and O–H groups in total. The minimum atomic E-state index is 0.0949. The van der Waals surface area contributed by atoms with Crippen molar-refractivity contribution in [2.45, 2.75) is 19.8 Å². The highest BCUT2D eigenvalue weighted by Crippen LogP contribution is 2.22. The first kappa shape index (κ1) is 18.5. The Bertz CT molecular complexity index is 759. The van der Waals surface area contributed by atoms with Crippen LogP contribution < -0.4 is 10.2 Å². The van der Waals surface area contributed by atoms with Gasteiger partial charge < -0.3 is 14.1 Å². The van der Waals surface area contributed by atoms with Crippen LogP contribution in [0.15, 0.2) is 33.8 Å². The molecule has 0 aliphatic rings. The standard InChI is InChI=1S/C18H23N5O2/c1-13(2)17-21-15(11-19)18(25-17)22-20-12-14-7-5-6-8-16(14)24-10-9-23(3)4/h5-8,12-13,22H,9-10H2,1-4H3/b20-12-. The Morgan fingerprint density at radius 2 is 2.16 bits per heavy atom. The second kappa shape index (κ2) is 8.85. The first-order chi connectivity index (χ1) is 12.0. The Morgan fingerprint density at radius 1 is 1.40 bits per heavy atom. The molecule has 1 heterocycles. The molecule has 1 aromatic carbocycles. The molecule has 2 aromatic rings. The van der Waals surface area contributed by atoms with Crippen molar-refractivity contribution >= 4 is 12.1 Å². The van der Waals surface area contributed by atoms with Crippen molar-refractivity contribution in [2.24, 2.45) is 5.10 Å². The average Bonchev–Trinajstić information content (AvgIpc) is 2.99. The van der Waals surface area contributed by atoms with Gasteiger partial charge >= 0.3 is 0 Å². The molecule has 0 aliphatic carbocycles. The summed E-state index contributed by atoms with van der Waals surface area (Å²) < 4.78 is 11.3. The van der Waals surface area contributed by atoms with Crippen LogP contribution in [-0.4, -0.2) is 43.3 Å². The highest BCUT2D eigenvalue weighted by Gasteiger charge is 2.14. The Hall–Kier alpha value is -2.85. The fourth-order valence-corrected chi connectivity index (χ4v) is 1.95. The van der Waals surface area contributed by atoms with E-state index in [2.05, 4.69) is 20.4 Å². The molecule has 1 aromatic heterocycles. The van der Waals surface area contributed by atoms with E-state index < -0.39 is 0 Å². The molecule has 0 saturated carbocycles. The maximum absolute atomic E-state index is 9.13. The summed E-state index contributed by atoms with van der Waals surface area (Å²) in [5.41, 5.74) is 3.76. The first-order valence-corrected chi connectivity index (χ1v) is 8.07. The second-order valence-corrected chi connectivity index (χ2v) is 6.06. The number of hydrogen-bond donors (Lipinski definition) is 1. The van der Waals surface area contributed by atoms with Crippen molar-refractivity contribution < 1.29 is 9.15 Å². The fraction of sp³-hybridized carbons (Fsp3) is 0.389. The van der Waals surface area contributed by atoms with E-state index in [-0.39, 0.29) is 17.5 Å². The normalized spacial score (nSPS) is 11.2. The Labute approximate surface area is 147 Å². The molecule has 0 fully saturated rings. The quantitative estimate of drug-likeness (QED) is 0.586. The molecule has 0 unspecified atom stereocenters. The Balaban J connectivity index is 2.06. The number of para-hydroxylation sites is 1. The van der Waals surface area contributed by atoms with Crippen LogP contribution in [0, 0.1) is 11.3 Å². The maximum atomic E-state index is 9.13. The largest absolute Gasteiger partial charge is 0.492 e. The molecule has 0 amide bonds. The zero-order chi connectivity index (χ0) is 18.2. The van der Waals surface area contributed by atoms with E-state index >= 15 is 0 Å². The zero-order valence-corrected chi connectivity index (χ0v) is 15.0. The van der Waals surface area contributed by atoms with Gasteiger partial charge in [-0.05, 0) is 26.2 Å². The number of nitrogens with zero attached hydrogens (tertiary/aromatic N) is 4. The fourth-order valence-electron chi connectivity index (χ4n) is 1.95. The molecular weight excluding hydrogens is 318 g/mol. The molecule has 0 atom stereocenters. The van der Waals surface area contributed by atoms with E-state index in [0.29, 0.717) is 12.5 Å². The third-order valence-corrected chi connectivity index (χ3v) is 3.33. The van der Waals surface area contributed by atoms with Crippen molar-refractivity contribution in [2.75, 3.05) is 32.7 Å². The number of likely N-dealkylation sites (N-methyl/N-ethyl adjacent to an activating group) is 1. The van der Waals surface area contributed by atoms with E-state index in [4.69, 9.17) is 14.4 Å². The lowest BCUT2D eigenvalue weighted by Crippen LogP contribution is -2.19. The van der Waals surface area contributed by atoms with Crippen molar-refractivity contribution in [3.05, 3.63) is 41.4 Å². The van der Waals surface area contributed by atoms with Gasteiger partial charge in [-0.2, -0.15) is 10.4 Å². The van der Waals surface area contributed by atoms with Crippen molar-refractivity contribution in [1.29, 1.82) is 5.26 Å². The molecule has 2 rings (SSSR count). The molecule has 7 nitrogen and oxygen atoms in total. The molecule has 0 radical (unpaired) electrons. The van der Waals surface area contributed by atoms with Gasteiger partial charge in [0.05, 0.1) is 6.21 Å². The number of aromatic nitrogens is 1. The van der Waals surface area contributed by atoms with Gasteiger partial charge in [-0.15, -0.1) is 0 Å². The lowest BCUT2D eigenvalue weighted by molar-refractivity contribution is 0.261. The number of nitrogens with one attached hydrogen (secondary N) is 1. The van der Waals surface area contributed by atoms with Crippen LogP contribution in [0.4, 0.5) is 5.88 Å². The molecule has 132 valence electrons. The van der Waals surface area contributed by atoms with Gasteiger partial charge in [0, 0.05) is 18.0 Å². The zero-order valence-electron chi connectivity index (χ0n) is 15.0. The molecular formula is C18H23N5O2. The predicted molar refractivity (Wildman–Crippen MR) is 97.0 cm³/mol. The number of oxazole rings is 1. The summed E-state index contributed by atoms with van der Waals surface area (Å²) in [6.07, 6.45) is 1.63. The Morgan fingerprint density at radius 3 is 2.84 bits per heavy atom. The van der Waals surface area contributed by atoms with E-state index in [1.165, 1.54) is 0 Å². The third kappa shape index (κ3) is 5.33. The van der Waals surface area contributed by atoms with Crippen molar-refractivity contribution in [3.63, 3.8) is 0 Å². The summed E-state index contributed by atoms with van der Waals surface area (Å²) in [5.74, 6) is 1.59. The van der Waals surface area contributed by atoms with E-state index in [9.17, 15) is 0 Å². The molecule has 0 saturated heterocycles. The summed E-state index contributed by atoms with van der Waals surface area (Å²) in [7, 11) is 3.99. The topological polar surface area (TPSA) is 86.7 Å². The van der Waals surface area contributed by atoms with Crippen LogP contribution in [0.25, 0.3) is 0 Å². The van der Waals surface area contributed by atoms with Crippen LogP contribution in [0.2, 0.25) is 0 Å². The molecule has 25 heavy (non-hydrogen) atoms. The van der Waals surface area contributed by atoms with Gasteiger partial charge in [0.1, 0.15) is 18.4 Å². The Kier molecular flexibility index (Phi) is 6.54. The summed E-state index contributed by atoms with van der Waals surface area (Å²) in [4.78, 5) is 6.19. The van der Waals surface area contributed by atoms with Crippen LogP contribution in [0.5, 0.6) is 5.75 Å². The number of anilines is 1. The number of ether oxygens (including phenoxy) is 1. The number of hydrazone groups is 1. The van der Waals surface area contributed by atoms with E-state index in [1.54, 1.807) is 6.21 Å². The molecule has 7 heteroatoms. The molecule has 0 aliphatic heterocycles. The highest BCUT2D eigenvalue weighted by molar-refractivity contribution is 5.83. The summed E-state index contributed by atoms with van der Waals surface area (Å²) in [6, 6.07) is 9.62. The number of rotatable bonds is 8. The van der Waals surface area contributed by atoms with Gasteiger partial charge in [-0.25, -0.2) is 10.4 Å². The number of hydrogen-bond acceptors (Lipinski definition) is 7. The van der Waals surface area contributed by atoms with E-state index in [1.807, 2.05) is 58.3 Å². The van der Waals surface area contributed by atoms with Gasteiger partial charge in [0.25, 0.3) is 5.88 Å². The van der Waals surface area contributed by atoms with Crippen LogP contribution >= 0.6 is 0 Å². The molecule has 0 spiro atoms. The highest BCUT2D eigenvalue weighted by atomic mass is 16.5. The van der Waals surface area contributed by atoms with Crippen LogP contribution in [0.1, 0.15) is 36.9 Å². The first-order valence-electron chi connectivity index (χ1n) is 8.07. The summed E-state index contributed by atoms with van der Waals surface area (Å²) in [5, 5.41) is 13.3. The van der Waals surface area contributed by atoms with Crippen LogP contribution in [-0.2, 0) is 0 Å². The van der Waals surface area contributed by atoms with Crippen molar-refractivity contribution in [1.82, 2.24) is 9.88 Å². The van der Waals surface area contributed by atoms with Crippen LogP contribution in [0.3, 0.4) is 0 Å². The third-order valence-electron chi connectivity index (χ3n) is 3.33. The van der Waals surface area contributed by atoms with Gasteiger partial charge in [0.2, 0.25) is 11.6 Å². The van der Waals surface area contributed by atoms with Gasteiger partial charge in [-0.1, -0.05) is 26.0 Å². The molecule has 0 bridgehead atoms. The second-order valence-electron chi connectivity index (χ2n) is 6.06. The average molecular weight is 341 g/mol. The SMILES string of the molecule is CC(C)c1nc(C#N)c(N/N=C\c2ccccc2OCCN(C)C)o1. The minimum absolute atomic E-state index is 0.0949.